The Kier molecular flexibility index (Phi) is 18.2. The van der Waals surface area contributed by atoms with Crippen LogP contribution in [0.3, 0.4) is 0 Å². The maximum atomic E-state index is 17.2. The molecule has 4 saturated heterocycles. The molecule has 18 nitrogen and oxygen atoms in total. The molecule has 4 aliphatic heterocycles. The Hall–Kier alpha value is -6.55. The number of aliphatic hydroxyl groups excluding tert-OH is 1. The number of hydrogen-bond donors (Lipinski definition) is 4. The van der Waals surface area contributed by atoms with Crippen LogP contribution in [0.1, 0.15) is 78.1 Å². The normalized spacial score (nSPS) is 20.0. The second-order valence-electron chi connectivity index (χ2n) is 24.1. The van der Waals surface area contributed by atoms with Crippen LogP contribution in [0.4, 0.5) is 10.2 Å². The standard InChI is InChI=1S/C62H77ClFN11O7S/c1-37(82-61-68-55-49(58(69-61)74-26-24-73(25-27-74)40(4)76)31-50(63)53(54(55)64)48-29-45(77)28-44-10-8-9-11-47(44)48)32-70-18-16-41(17-19-70)33-71-20-22-72(23-21-71)35-52(79)67-57(62(5,6)7)60(81)75-34-46(78)30-51(75)59(80)66-38(2)42-12-14-43(15-13-42)56-39(3)65-36-83-56/h8-15,28-29,31,36-38,41,46,51,57,77-78H,16-27,30,32-35H2,1-7H3,(H,66,80)(H,67,79)/t37-,38+,46-,51+,57-/m1/s1. The number of halogens is 2. The number of fused-ring (bicyclic) bond motifs is 2. The fraction of sp³-hybridized carbons (Fsp3) is 0.500. The zero-order valence-corrected chi connectivity index (χ0v) is 50.1. The van der Waals surface area contributed by atoms with Gasteiger partial charge in [-0.15, -0.1) is 11.3 Å². The van der Waals surface area contributed by atoms with Crippen LogP contribution in [0.5, 0.6) is 11.8 Å². The molecule has 21 heteroatoms. The number of thiazole rings is 1. The average Bonchev–Trinajstić information content (AvgIpc) is 4.11. The van der Waals surface area contributed by atoms with Crippen LogP contribution in [-0.2, 0) is 19.2 Å². The molecule has 2 aromatic heterocycles. The number of aryl methyl sites for hydroxylation is 1. The van der Waals surface area contributed by atoms with Crippen molar-refractivity contribution in [3.8, 4) is 33.3 Å². The number of phenols is 1. The Morgan fingerprint density at radius 3 is 2.24 bits per heavy atom. The molecular formula is C62H77ClFN11O7S. The summed E-state index contributed by atoms with van der Waals surface area (Å²) < 4.78 is 23.7. The van der Waals surface area contributed by atoms with Crippen molar-refractivity contribution in [2.45, 2.75) is 98.1 Å². The van der Waals surface area contributed by atoms with Gasteiger partial charge in [-0.25, -0.2) is 9.37 Å². The van der Waals surface area contributed by atoms with E-state index in [4.69, 9.17) is 26.3 Å². The van der Waals surface area contributed by atoms with Crippen molar-refractivity contribution in [3.05, 3.63) is 94.3 Å². The largest absolute Gasteiger partial charge is 0.508 e. The van der Waals surface area contributed by atoms with Crippen LogP contribution < -0.4 is 20.3 Å². The molecule has 4 aliphatic rings. The maximum Gasteiger partial charge on any atom is 0.319 e. The van der Waals surface area contributed by atoms with E-state index >= 15 is 4.39 Å². The van der Waals surface area contributed by atoms with Crippen molar-refractivity contribution >= 4 is 74.1 Å². The first-order chi connectivity index (χ1) is 39.7. The highest BCUT2D eigenvalue weighted by Crippen LogP contribution is 2.43. The van der Waals surface area contributed by atoms with Gasteiger partial charge in [-0.05, 0) is 104 Å². The number of aromatic hydroxyl groups is 1. The number of piperidine rings is 1. The van der Waals surface area contributed by atoms with E-state index in [1.54, 1.807) is 35.3 Å². The minimum absolute atomic E-state index is 0.00148. The number of benzene rings is 4. The molecule has 0 bridgehead atoms. The predicted molar refractivity (Wildman–Crippen MR) is 322 cm³/mol. The van der Waals surface area contributed by atoms with Crippen molar-refractivity contribution in [1.29, 1.82) is 0 Å². The number of anilines is 1. The molecule has 4 fully saturated rings. The summed E-state index contributed by atoms with van der Waals surface area (Å²) in [7, 11) is 0. The number of ether oxygens (including phenoxy) is 1. The number of piperazine rings is 2. The van der Waals surface area contributed by atoms with Crippen molar-refractivity contribution in [1.82, 2.24) is 50.1 Å². The number of nitrogens with one attached hydrogen (secondary N) is 2. The molecule has 83 heavy (non-hydrogen) atoms. The van der Waals surface area contributed by atoms with Crippen molar-refractivity contribution in [2.75, 3.05) is 96.5 Å². The minimum atomic E-state index is -0.915. The van der Waals surface area contributed by atoms with Gasteiger partial charge in [-0.3, -0.25) is 29.0 Å². The first kappa shape index (κ1) is 59.6. The lowest BCUT2D eigenvalue weighted by molar-refractivity contribution is -0.144. The number of amides is 4. The third-order valence-corrected chi connectivity index (χ3v) is 18.2. The minimum Gasteiger partial charge on any atom is -0.508 e. The maximum absolute atomic E-state index is 17.2. The molecule has 4 aromatic carbocycles. The summed E-state index contributed by atoms with van der Waals surface area (Å²) >= 11 is 8.54. The molecule has 10 rings (SSSR count). The number of aromatic nitrogens is 3. The highest BCUT2D eigenvalue weighted by molar-refractivity contribution is 7.13. The van der Waals surface area contributed by atoms with Crippen LogP contribution in [0.2, 0.25) is 5.02 Å². The van der Waals surface area contributed by atoms with Gasteiger partial charge in [0.15, 0.2) is 5.82 Å². The highest BCUT2D eigenvalue weighted by atomic mass is 35.5. The van der Waals surface area contributed by atoms with Gasteiger partial charge in [0.05, 0.1) is 39.8 Å². The van der Waals surface area contributed by atoms with Gasteiger partial charge < -0.3 is 45.2 Å². The van der Waals surface area contributed by atoms with E-state index in [2.05, 4.69) is 30.3 Å². The number of likely N-dealkylation sites (tertiary alicyclic amines) is 2. The molecule has 4 N–H and O–H groups in total. The van der Waals surface area contributed by atoms with Crippen molar-refractivity contribution < 1.29 is 38.5 Å². The highest BCUT2D eigenvalue weighted by Gasteiger charge is 2.45. The fourth-order valence-electron chi connectivity index (χ4n) is 12.3. The molecule has 0 unspecified atom stereocenters. The summed E-state index contributed by atoms with van der Waals surface area (Å²) in [5, 5.41) is 29.6. The zero-order chi connectivity index (χ0) is 58.9. The zero-order valence-electron chi connectivity index (χ0n) is 48.5. The van der Waals surface area contributed by atoms with Gasteiger partial charge in [-0.2, -0.15) is 9.97 Å². The summed E-state index contributed by atoms with van der Waals surface area (Å²) in [6.07, 6.45) is 0.922. The van der Waals surface area contributed by atoms with E-state index in [1.165, 1.54) is 11.0 Å². The number of carbonyl (C=O) groups excluding carboxylic acids is 4. The molecule has 6 heterocycles. The van der Waals surface area contributed by atoms with Gasteiger partial charge in [0.1, 0.15) is 35.3 Å². The molecule has 4 amide bonds. The molecule has 0 spiro atoms. The van der Waals surface area contributed by atoms with Gasteiger partial charge in [0.2, 0.25) is 23.6 Å². The smallest absolute Gasteiger partial charge is 0.319 e. The van der Waals surface area contributed by atoms with Crippen LogP contribution in [0.25, 0.3) is 43.2 Å². The van der Waals surface area contributed by atoms with Crippen LogP contribution in [-0.4, -0.2) is 189 Å². The molecule has 442 valence electrons. The summed E-state index contributed by atoms with van der Waals surface area (Å²) in [6.45, 7) is 21.5. The Balaban J connectivity index is 0.705. The van der Waals surface area contributed by atoms with E-state index in [-0.39, 0.29) is 83.1 Å². The number of phenolic OH excluding ortho intramolecular Hbond substituents is 1. The first-order valence-electron chi connectivity index (χ1n) is 29.0. The van der Waals surface area contributed by atoms with E-state index in [1.807, 2.05) is 100 Å². The van der Waals surface area contributed by atoms with E-state index in [0.29, 0.717) is 68.5 Å². The molecule has 0 radical (unpaired) electrons. The van der Waals surface area contributed by atoms with Gasteiger partial charge in [0.25, 0.3) is 0 Å². The quantitative estimate of drug-likeness (QED) is 0.0742. The summed E-state index contributed by atoms with van der Waals surface area (Å²) in [6, 6.07) is 18.1. The van der Waals surface area contributed by atoms with Gasteiger partial charge in [-0.1, -0.05) is 80.9 Å². The third-order valence-electron chi connectivity index (χ3n) is 16.9. The van der Waals surface area contributed by atoms with Crippen molar-refractivity contribution in [3.63, 3.8) is 0 Å². The summed E-state index contributed by atoms with van der Waals surface area (Å²) in [5.74, 6) is -0.694. The topological polar surface area (TPSA) is 200 Å². The molecular weight excluding hydrogens is 1100 g/mol. The van der Waals surface area contributed by atoms with Crippen LogP contribution in [0.15, 0.2) is 72.2 Å². The lowest BCUT2D eigenvalue weighted by atomic mass is 9.85. The number of β-amino-alcohol motifs (C(OH)–C–C–N with tert-alkyl or cyclic N) is 1. The number of nitrogens with zero attached hydrogens (tertiary/aromatic N) is 9. The number of carbonyl (C=O) groups is 4. The Bertz CT molecular complexity index is 3340. The van der Waals surface area contributed by atoms with Gasteiger partial charge in [0, 0.05) is 96.3 Å². The Morgan fingerprint density at radius 2 is 1.57 bits per heavy atom. The van der Waals surface area contributed by atoms with E-state index in [0.717, 1.165) is 78.0 Å². The average molecular weight is 1170 g/mol. The molecule has 0 aliphatic carbocycles. The summed E-state index contributed by atoms with van der Waals surface area (Å²) in [4.78, 5) is 81.4. The fourth-order valence-corrected chi connectivity index (χ4v) is 13.4. The van der Waals surface area contributed by atoms with Crippen LogP contribution in [0, 0.1) is 24.1 Å². The molecule has 5 atom stereocenters. The Morgan fingerprint density at radius 1 is 0.867 bits per heavy atom. The lowest BCUT2D eigenvalue weighted by Gasteiger charge is -2.39. The third kappa shape index (κ3) is 13.7. The molecule has 6 aromatic rings. The number of aliphatic hydroxyl groups is 1. The van der Waals surface area contributed by atoms with Gasteiger partial charge >= 0.3 is 6.01 Å². The number of hydrogen-bond acceptors (Lipinski definition) is 15. The van der Waals surface area contributed by atoms with E-state index < -0.39 is 29.4 Å². The van der Waals surface area contributed by atoms with Crippen LogP contribution >= 0.6 is 22.9 Å². The second kappa shape index (κ2) is 25.3. The van der Waals surface area contributed by atoms with Crippen molar-refractivity contribution in [2.24, 2.45) is 11.3 Å². The monoisotopic (exact) mass is 1170 g/mol. The summed E-state index contributed by atoms with van der Waals surface area (Å²) in [5.41, 5.74) is 4.68. The Labute approximate surface area is 493 Å². The molecule has 0 saturated carbocycles. The first-order valence-corrected chi connectivity index (χ1v) is 30.3. The second-order valence-corrected chi connectivity index (χ2v) is 25.4. The lowest BCUT2D eigenvalue weighted by Crippen LogP contribution is -2.59. The SMILES string of the molecule is CC(=O)N1CCN(c2nc(O[C@H](C)CN3CCC(CN4CCN(CC(=O)N[C@H](C(=O)N5C[C@H](O)C[C@H]5C(=O)N[C@@H](C)c5ccc(-c6scnc6C)cc5)C(C)(C)C)CC4)CC3)nc3c(F)c(-c4cc(O)cc5ccccc45)c(Cl)cc23)CC1. The van der Waals surface area contributed by atoms with E-state index in [9.17, 15) is 29.4 Å². The predicted octanol–water partition coefficient (Wildman–Crippen LogP) is 7.52. The number of rotatable bonds is 16.